The molecule has 2 aliphatic rings. The van der Waals surface area contributed by atoms with Gasteiger partial charge in [0, 0.05) is 69.3 Å². The van der Waals surface area contributed by atoms with E-state index < -0.39 is 6.09 Å². The number of amides is 2. The van der Waals surface area contributed by atoms with Crippen LogP contribution in [-0.2, 0) is 56.1 Å². The fourth-order valence-electron chi connectivity index (χ4n) is 6.86. The molecular weight excluding hydrogens is 652 g/mol. The first-order chi connectivity index (χ1) is 25.0. The summed E-state index contributed by atoms with van der Waals surface area (Å²) in [4.78, 5) is 49.0. The molecule has 0 saturated heterocycles. The molecule has 0 spiro atoms. The first-order valence-corrected chi connectivity index (χ1v) is 17.6. The third kappa shape index (κ3) is 8.70. The van der Waals surface area contributed by atoms with Crippen LogP contribution in [0.1, 0.15) is 35.0 Å². The van der Waals surface area contributed by atoms with Gasteiger partial charge in [0.1, 0.15) is 19.4 Å². The maximum absolute atomic E-state index is 13.9. The lowest BCUT2D eigenvalue weighted by Gasteiger charge is -2.27. The van der Waals surface area contributed by atoms with Crippen LogP contribution in [-0.4, -0.2) is 100 Å². The van der Waals surface area contributed by atoms with Gasteiger partial charge in [0.2, 0.25) is 6.33 Å². The average Bonchev–Trinajstić information content (AvgIpc) is 3.97. The molecule has 14 heteroatoms. The summed E-state index contributed by atoms with van der Waals surface area (Å²) in [6.07, 6.45) is 9.26. The van der Waals surface area contributed by atoms with Gasteiger partial charge in [-0.3, -0.25) is 9.69 Å². The van der Waals surface area contributed by atoms with E-state index in [0.717, 1.165) is 65.6 Å². The second kappa shape index (κ2) is 17.3. The van der Waals surface area contributed by atoms with Crippen LogP contribution in [0.2, 0.25) is 0 Å². The Morgan fingerprint density at radius 3 is 2.45 bits per heavy atom. The molecule has 4 heterocycles. The number of aromatic amines is 3. The quantitative estimate of drug-likeness (QED) is 0.149. The molecule has 0 bridgehead atoms. The summed E-state index contributed by atoms with van der Waals surface area (Å²) in [6.45, 7) is 7.10. The third-order valence-electron chi connectivity index (χ3n) is 9.45. The Hall–Kier alpha value is -4.92. The lowest BCUT2D eigenvalue weighted by Crippen LogP contribution is -2.36. The lowest BCUT2D eigenvalue weighted by molar-refractivity contribution is -0.376. The number of methoxy groups -OCH3 is 2. The number of rotatable bonds is 18. The largest absolute Gasteiger partial charge is 0.447 e. The van der Waals surface area contributed by atoms with Crippen LogP contribution in [0.3, 0.4) is 0 Å². The van der Waals surface area contributed by atoms with Crippen molar-refractivity contribution < 1.29 is 33.5 Å². The van der Waals surface area contributed by atoms with Crippen LogP contribution < -0.4 is 24.6 Å². The summed E-state index contributed by atoms with van der Waals surface area (Å²) < 4.78 is 21.5. The molecule has 3 N–H and O–H groups in total. The number of carbonyl (C=O) groups is 2. The Balaban J connectivity index is 1.30. The van der Waals surface area contributed by atoms with Gasteiger partial charge in [0.25, 0.3) is 5.91 Å². The summed E-state index contributed by atoms with van der Waals surface area (Å²) in [6, 6.07) is 10.5. The predicted molar refractivity (Wildman–Crippen MR) is 193 cm³/mol. The van der Waals surface area contributed by atoms with E-state index in [1.807, 2.05) is 36.6 Å². The number of ether oxygens (including phenoxy) is 4. The number of hydrogen-bond acceptors (Lipinski definition) is 9. The number of carbonyl (C=O) groups excluding carboxylic acids is 2. The van der Waals surface area contributed by atoms with Crippen LogP contribution in [0.25, 0.3) is 0 Å². The highest BCUT2D eigenvalue weighted by atomic mass is 16.6. The van der Waals surface area contributed by atoms with Gasteiger partial charge in [-0.2, -0.15) is 0 Å². The number of nitrogens with one attached hydrogen (secondary N) is 3. The molecule has 0 fully saturated rings. The number of benzene rings is 2. The Kier molecular flexibility index (Phi) is 12.2. The van der Waals surface area contributed by atoms with Crippen molar-refractivity contribution in [3.05, 3.63) is 83.5 Å². The molecule has 0 radical (unpaired) electrons. The third-order valence-corrected chi connectivity index (χ3v) is 9.45. The molecule has 0 atom stereocenters. The summed E-state index contributed by atoms with van der Waals surface area (Å²) >= 11 is 0. The number of hydrogen-bond donors (Lipinski definition) is 2. The lowest BCUT2D eigenvalue weighted by atomic mass is 10.00. The molecule has 6 rings (SSSR count). The second-order valence-corrected chi connectivity index (χ2v) is 12.7. The Morgan fingerprint density at radius 2 is 1.69 bits per heavy atom. The van der Waals surface area contributed by atoms with E-state index in [1.54, 1.807) is 25.4 Å². The highest BCUT2D eigenvalue weighted by Crippen LogP contribution is 2.38. The fourth-order valence-corrected chi connectivity index (χ4v) is 6.86. The van der Waals surface area contributed by atoms with Gasteiger partial charge >= 0.3 is 6.09 Å². The second-order valence-electron chi connectivity index (χ2n) is 12.7. The highest BCUT2D eigenvalue weighted by Gasteiger charge is 2.28. The van der Waals surface area contributed by atoms with Crippen LogP contribution in [0.5, 0.6) is 0 Å². The van der Waals surface area contributed by atoms with Gasteiger partial charge in [0.15, 0.2) is 5.69 Å². The van der Waals surface area contributed by atoms with Gasteiger partial charge in [-0.15, -0.1) is 0 Å². The SMILES string of the molecule is CCN(C(=O)OCCOC)c1cc(CCN(C(=O)COCCOC)c2ccc3c(c2)N(Cc2cnc[nH]2)CC3)c2c(c1)N(Cc1c[nH+]c[nH]1)CC2. The molecule has 2 aliphatic heterocycles. The van der Waals surface area contributed by atoms with Crippen molar-refractivity contribution in [2.45, 2.75) is 39.3 Å². The van der Waals surface area contributed by atoms with Gasteiger partial charge in [-0.1, -0.05) is 6.07 Å². The van der Waals surface area contributed by atoms with Crippen LogP contribution in [0, 0.1) is 0 Å². The van der Waals surface area contributed by atoms with Crippen molar-refractivity contribution in [1.29, 1.82) is 0 Å². The van der Waals surface area contributed by atoms with E-state index in [2.05, 4.69) is 54.0 Å². The standard InChI is InChI=1S/C37H48N8O6/c1-4-44(37(47)51-16-14-49-3)32-17-28(33-9-11-43(35(33)19-32)23-30-21-39-26-41-30)8-12-45(36(46)24-50-15-13-48-2)31-6-5-27-7-10-42(34(27)18-31)22-29-20-38-25-40-29/h5-6,17-21,25-26H,4,7-16,22-24H2,1-3H3,(H,38,40)(H,39,41)/p+1. The number of nitrogens with zero attached hydrogens (tertiary/aromatic N) is 5. The maximum atomic E-state index is 13.9. The zero-order chi connectivity index (χ0) is 35.6. The zero-order valence-corrected chi connectivity index (χ0v) is 29.8. The van der Waals surface area contributed by atoms with E-state index in [4.69, 9.17) is 18.9 Å². The van der Waals surface area contributed by atoms with Crippen molar-refractivity contribution in [3.8, 4) is 0 Å². The number of fused-ring (bicyclic) bond motifs is 2. The first-order valence-electron chi connectivity index (χ1n) is 17.6. The summed E-state index contributed by atoms with van der Waals surface area (Å²) in [7, 11) is 3.19. The van der Waals surface area contributed by atoms with Crippen molar-refractivity contribution in [2.75, 3.05) is 93.0 Å². The fraction of sp³-hybridized carbons (Fsp3) is 0.459. The number of imidazole rings is 2. The zero-order valence-electron chi connectivity index (χ0n) is 29.8. The van der Waals surface area contributed by atoms with Gasteiger partial charge in [-0.25, -0.2) is 19.7 Å². The minimum atomic E-state index is -0.424. The van der Waals surface area contributed by atoms with Crippen LogP contribution in [0.4, 0.5) is 27.5 Å². The van der Waals surface area contributed by atoms with E-state index in [0.29, 0.717) is 52.4 Å². The minimum Gasteiger partial charge on any atom is -0.447 e. The molecule has 2 aromatic heterocycles. The Morgan fingerprint density at radius 1 is 0.902 bits per heavy atom. The smallest absolute Gasteiger partial charge is 0.414 e. The molecule has 0 aliphatic carbocycles. The average molecular weight is 702 g/mol. The minimum absolute atomic E-state index is 0.0612. The topological polar surface area (TPSA) is 143 Å². The molecule has 0 unspecified atom stereocenters. The molecule has 2 amide bonds. The Bertz CT molecular complexity index is 1730. The molecule has 0 saturated carbocycles. The van der Waals surface area contributed by atoms with Crippen molar-refractivity contribution in [1.82, 2.24) is 15.0 Å². The van der Waals surface area contributed by atoms with Crippen LogP contribution >= 0.6 is 0 Å². The number of aromatic nitrogens is 4. The molecule has 2 aromatic carbocycles. The number of anilines is 4. The molecule has 272 valence electrons. The first kappa shape index (κ1) is 35.9. The van der Waals surface area contributed by atoms with E-state index >= 15 is 0 Å². The normalized spacial score (nSPS) is 13.4. The summed E-state index contributed by atoms with van der Waals surface area (Å²) in [5, 5.41) is 0. The molecule has 14 nitrogen and oxygen atoms in total. The summed E-state index contributed by atoms with van der Waals surface area (Å²) in [5.41, 5.74) is 9.43. The summed E-state index contributed by atoms with van der Waals surface area (Å²) in [5.74, 6) is -0.126. The monoisotopic (exact) mass is 701 g/mol. The van der Waals surface area contributed by atoms with Gasteiger partial charge in [0.05, 0.1) is 44.9 Å². The Labute approximate surface area is 298 Å². The molecule has 51 heavy (non-hydrogen) atoms. The molecular formula is C37H49N8O6+. The predicted octanol–water partition coefficient (Wildman–Crippen LogP) is 3.53. The van der Waals surface area contributed by atoms with Crippen molar-refractivity contribution in [3.63, 3.8) is 0 Å². The van der Waals surface area contributed by atoms with E-state index in [-0.39, 0.29) is 19.1 Å². The maximum Gasteiger partial charge on any atom is 0.414 e. The van der Waals surface area contributed by atoms with Gasteiger partial charge in [-0.05, 0) is 67.1 Å². The van der Waals surface area contributed by atoms with E-state index in [9.17, 15) is 9.59 Å². The highest BCUT2D eigenvalue weighted by molar-refractivity contribution is 5.95. The van der Waals surface area contributed by atoms with Crippen molar-refractivity contribution >= 4 is 34.7 Å². The van der Waals surface area contributed by atoms with Crippen LogP contribution in [0.15, 0.2) is 55.4 Å². The van der Waals surface area contributed by atoms with Gasteiger partial charge < -0.3 is 38.6 Å². The van der Waals surface area contributed by atoms with Crippen molar-refractivity contribution in [2.24, 2.45) is 0 Å². The molecule has 4 aromatic rings. The number of H-pyrrole nitrogens is 3. The van der Waals surface area contributed by atoms with E-state index in [1.165, 1.54) is 11.1 Å².